The van der Waals surface area contributed by atoms with E-state index in [0.717, 1.165) is 11.1 Å². The van der Waals surface area contributed by atoms with Crippen LogP contribution in [-0.4, -0.2) is 57.1 Å². The van der Waals surface area contributed by atoms with E-state index in [9.17, 15) is 14.4 Å². The summed E-state index contributed by atoms with van der Waals surface area (Å²) in [6.45, 7) is 2.79. The number of imide groups is 1. The van der Waals surface area contributed by atoms with Crippen molar-refractivity contribution in [1.82, 2.24) is 10.2 Å². The number of methoxy groups -OCH3 is 3. The molecule has 1 aliphatic heterocycles. The van der Waals surface area contributed by atoms with Crippen LogP contribution >= 0.6 is 0 Å². The SMILES string of the molecule is COCCCN1C(=O)C[C@](CC(=O)NCc2cccc(OC)c2OC)(c2ccccc2C)C1=O. The van der Waals surface area contributed by atoms with Gasteiger partial charge in [0.2, 0.25) is 17.7 Å². The predicted octanol–water partition coefficient (Wildman–Crippen LogP) is 2.75. The van der Waals surface area contributed by atoms with Gasteiger partial charge in [-0.25, -0.2) is 0 Å². The Bertz CT molecular complexity index is 1050. The predicted molar refractivity (Wildman–Crippen MR) is 127 cm³/mol. The van der Waals surface area contributed by atoms with Gasteiger partial charge in [0.25, 0.3) is 0 Å². The average molecular weight is 469 g/mol. The minimum atomic E-state index is -1.24. The number of rotatable bonds is 11. The summed E-state index contributed by atoms with van der Waals surface area (Å²) >= 11 is 0. The number of para-hydroxylation sites is 1. The molecule has 1 saturated heterocycles. The highest BCUT2D eigenvalue weighted by atomic mass is 16.5. The first-order valence-corrected chi connectivity index (χ1v) is 11.2. The van der Waals surface area contributed by atoms with E-state index < -0.39 is 5.41 Å². The van der Waals surface area contributed by atoms with E-state index in [1.807, 2.05) is 43.3 Å². The van der Waals surface area contributed by atoms with E-state index in [4.69, 9.17) is 14.2 Å². The Morgan fingerprint density at radius 2 is 1.82 bits per heavy atom. The molecule has 0 radical (unpaired) electrons. The summed E-state index contributed by atoms with van der Waals surface area (Å²) in [5.41, 5.74) is 1.08. The van der Waals surface area contributed by atoms with Gasteiger partial charge in [0, 0.05) is 45.2 Å². The summed E-state index contributed by atoms with van der Waals surface area (Å²) in [7, 11) is 4.66. The summed E-state index contributed by atoms with van der Waals surface area (Å²) in [6.07, 6.45) is 0.370. The first-order chi connectivity index (χ1) is 16.4. The van der Waals surface area contributed by atoms with Crippen molar-refractivity contribution in [2.45, 2.75) is 38.1 Å². The monoisotopic (exact) mass is 468 g/mol. The molecule has 3 amide bonds. The number of ether oxygens (including phenoxy) is 3. The molecular formula is C26H32N2O6. The number of nitrogens with zero attached hydrogens (tertiary/aromatic N) is 1. The van der Waals surface area contributed by atoms with E-state index in [-0.39, 0.29) is 43.7 Å². The molecule has 2 aromatic carbocycles. The highest BCUT2D eigenvalue weighted by Crippen LogP contribution is 2.41. The van der Waals surface area contributed by atoms with Gasteiger partial charge in [-0.2, -0.15) is 0 Å². The van der Waals surface area contributed by atoms with Crippen LogP contribution in [0.25, 0.3) is 0 Å². The largest absolute Gasteiger partial charge is 0.493 e. The van der Waals surface area contributed by atoms with Crippen LogP contribution in [0.3, 0.4) is 0 Å². The normalized spacial score (nSPS) is 17.7. The highest BCUT2D eigenvalue weighted by Gasteiger charge is 2.53. The van der Waals surface area contributed by atoms with Gasteiger partial charge in [-0.15, -0.1) is 0 Å². The lowest BCUT2D eigenvalue weighted by Gasteiger charge is -2.28. The minimum absolute atomic E-state index is 0.0421. The third-order valence-corrected chi connectivity index (χ3v) is 6.22. The molecule has 182 valence electrons. The Morgan fingerprint density at radius 1 is 1.06 bits per heavy atom. The molecule has 0 aromatic heterocycles. The van der Waals surface area contributed by atoms with Crippen molar-refractivity contribution in [2.24, 2.45) is 0 Å². The molecule has 1 aliphatic rings. The molecule has 0 bridgehead atoms. The molecule has 1 fully saturated rings. The molecule has 0 unspecified atom stereocenters. The van der Waals surface area contributed by atoms with Crippen LogP contribution in [-0.2, 0) is 31.1 Å². The zero-order valence-corrected chi connectivity index (χ0v) is 20.2. The lowest BCUT2D eigenvalue weighted by molar-refractivity contribution is -0.141. The van der Waals surface area contributed by atoms with Crippen LogP contribution in [0.2, 0.25) is 0 Å². The van der Waals surface area contributed by atoms with Gasteiger partial charge in [0.05, 0.1) is 19.6 Å². The second kappa shape index (κ2) is 11.2. The smallest absolute Gasteiger partial charge is 0.240 e. The molecule has 0 spiro atoms. The second-order valence-corrected chi connectivity index (χ2v) is 8.38. The lowest BCUT2D eigenvalue weighted by atomic mass is 9.74. The maximum atomic E-state index is 13.6. The molecule has 1 heterocycles. The van der Waals surface area contributed by atoms with Crippen molar-refractivity contribution in [3.8, 4) is 11.5 Å². The topological polar surface area (TPSA) is 94.2 Å². The molecule has 0 aliphatic carbocycles. The summed E-state index contributed by atoms with van der Waals surface area (Å²) in [4.78, 5) is 40.9. The fraction of sp³-hybridized carbons (Fsp3) is 0.423. The number of benzene rings is 2. The van der Waals surface area contributed by atoms with Crippen LogP contribution in [0.15, 0.2) is 42.5 Å². The van der Waals surface area contributed by atoms with E-state index in [1.54, 1.807) is 20.3 Å². The number of carbonyl (C=O) groups is 3. The third kappa shape index (κ3) is 5.07. The number of amides is 3. The lowest BCUT2D eigenvalue weighted by Crippen LogP contribution is -2.43. The van der Waals surface area contributed by atoms with Gasteiger partial charge in [0.15, 0.2) is 11.5 Å². The summed E-state index contributed by atoms with van der Waals surface area (Å²) in [5, 5.41) is 2.89. The highest BCUT2D eigenvalue weighted by molar-refractivity contribution is 6.10. The van der Waals surface area contributed by atoms with Crippen LogP contribution in [0.1, 0.15) is 36.0 Å². The molecule has 3 rings (SSSR count). The number of hydrogen-bond acceptors (Lipinski definition) is 6. The maximum absolute atomic E-state index is 13.6. The van der Waals surface area contributed by atoms with Gasteiger partial charge in [-0.3, -0.25) is 19.3 Å². The van der Waals surface area contributed by atoms with Crippen molar-refractivity contribution in [1.29, 1.82) is 0 Å². The number of nitrogens with one attached hydrogen (secondary N) is 1. The Balaban J connectivity index is 1.85. The Hall–Kier alpha value is -3.39. The molecule has 2 aromatic rings. The summed E-state index contributed by atoms with van der Waals surface area (Å²) in [6, 6.07) is 12.8. The molecule has 0 saturated carbocycles. The van der Waals surface area contributed by atoms with Gasteiger partial charge in [-0.1, -0.05) is 36.4 Å². The molecule has 8 heteroatoms. The van der Waals surface area contributed by atoms with Crippen molar-refractivity contribution in [3.63, 3.8) is 0 Å². The minimum Gasteiger partial charge on any atom is -0.493 e. The van der Waals surface area contributed by atoms with Gasteiger partial charge in [0.1, 0.15) is 0 Å². The van der Waals surface area contributed by atoms with E-state index in [2.05, 4.69) is 5.32 Å². The van der Waals surface area contributed by atoms with Gasteiger partial charge >= 0.3 is 0 Å². The van der Waals surface area contributed by atoms with E-state index in [0.29, 0.717) is 30.1 Å². The Labute approximate surface area is 200 Å². The van der Waals surface area contributed by atoms with Gasteiger partial charge in [-0.05, 0) is 30.5 Å². The van der Waals surface area contributed by atoms with Crippen LogP contribution in [0.4, 0.5) is 0 Å². The number of aryl methyl sites for hydroxylation is 1. The zero-order valence-electron chi connectivity index (χ0n) is 20.2. The molecule has 1 atom stereocenters. The number of hydrogen-bond donors (Lipinski definition) is 1. The fourth-order valence-corrected chi connectivity index (χ4v) is 4.57. The maximum Gasteiger partial charge on any atom is 0.240 e. The molecular weight excluding hydrogens is 436 g/mol. The first-order valence-electron chi connectivity index (χ1n) is 11.2. The standard InChI is InChI=1S/C26H32N2O6/c1-18-9-5-6-11-20(18)26(16-23(30)28(25(26)31)13-8-14-32-2)15-22(29)27-17-19-10-7-12-21(33-3)24(19)34-4/h5-7,9-12H,8,13-17H2,1-4H3,(H,27,29)/t26-/m1/s1. The van der Waals surface area contributed by atoms with Crippen LogP contribution in [0, 0.1) is 6.92 Å². The van der Waals surface area contributed by atoms with Crippen molar-refractivity contribution in [2.75, 3.05) is 34.5 Å². The molecule has 34 heavy (non-hydrogen) atoms. The number of likely N-dealkylation sites (tertiary alicyclic amines) is 1. The fourth-order valence-electron chi connectivity index (χ4n) is 4.57. The van der Waals surface area contributed by atoms with Crippen molar-refractivity contribution in [3.05, 3.63) is 59.2 Å². The first kappa shape index (κ1) is 25.2. The summed E-state index contributed by atoms with van der Waals surface area (Å²) in [5.74, 6) is 0.168. The summed E-state index contributed by atoms with van der Waals surface area (Å²) < 4.78 is 15.8. The Morgan fingerprint density at radius 3 is 2.50 bits per heavy atom. The molecule has 1 N–H and O–H groups in total. The van der Waals surface area contributed by atoms with E-state index >= 15 is 0 Å². The zero-order chi connectivity index (χ0) is 24.7. The average Bonchev–Trinajstić information content (AvgIpc) is 3.07. The number of carbonyl (C=O) groups excluding carboxylic acids is 3. The second-order valence-electron chi connectivity index (χ2n) is 8.38. The third-order valence-electron chi connectivity index (χ3n) is 6.22. The van der Waals surface area contributed by atoms with Gasteiger partial charge < -0.3 is 19.5 Å². The van der Waals surface area contributed by atoms with Crippen LogP contribution in [0.5, 0.6) is 11.5 Å². The quantitative estimate of drug-likeness (QED) is 0.403. The van der Waals surface area contributed by atoms with Crippen molar-refractivity contribution < 1.29 is 28.6 Å². The van der Waals surface area contributed by atoms with Crippen molar-refractivity contribution >= 4 is 17.7 Å². The Kier molecular flexibility index (Phi) is 8.28. The molecule has 8 nitrogen and oxygen atoms in total. The van der Waals surface area contributed by atoms with Crippen LogP contribution < -0.4 is 14.8 Å². The van der Waals surface area contributed by atoms with E-state index in [1.165, 1.54) is 12.0 Å².